The summed E-state index contributed by atoms with van der Waals surface area (Å²) in [6.45, 7) is 1.67. The van der Waals surface area contributed by atoms with Gasteiger partial charge in [-0.2, -0.15) is 0 Å². The van der Waals surface area contributed by atoms with E-state index in [-0.39, 0.29) is 11.7 Å². The molecule has 4 rings (SSSR count). The monoisotopic (exact) mass is 425 g/mol. The van der Waals surface area contributed by atoms with Crippen LogP contribution in [0.1, 0.15) is 19.3 Å². The molecule has 0 radical (unpaired) electrons. The van der Waals surface area contributed by atoms with E-state index in [2.05, 4.69) is 4.98 Å². The van der Waals surface area contributed by atoms with Gasteiger partial charge < -0.3 is 9.64 Å². The maximum absolute atomic E-state index is 13.5. The third kappa shape index (κ3) is 4.51. The number of piperidine rings is 1. The fourth-order valence-corrected chi connectivity index (χ4v) is 4.50. The van der Waals surface area contributed by atoms with Gasteiger partial charge in [0.15, 0.2) is 5.16 Å². The highest BCUT2D eigenvalue weighted by Crippen LogP contribution is 2.31. The zero-order valence-electron chi connectivity index (χ0n) is 16.9. The molecule has 30 heavy (non-hydrogen) atoms. The first kappa shape index (κ1) is 20.5. The Morgan fingerprint density at radius 2 is 1.77 bits per heavy atom. The van der Waals surface area contributed by atoms with Crippen LogP contribution < -0.4 is 4.74 Å². The van der Waals surface area contributed by atoms with Gasteiger partial charge in [0, 0.05) is 24.3 Å². The molecule has 1 fully saturated rings. The van der Waals surface area contributed by atoms with E-state index in [1.54, 1.807) is 25.4 Å². The molecule has 2 aromatic carbocycles. The molecule has 0 bridgehead atoms. The number of imidazole rings is 1. The van der Waals surface area contributed by atoms with Crippen molar-refractivity contribution in [2.24, 2.45) is 0 Å². The minimum Gasteiger partial charge on any atom is -0.497 e. The summed E-state index contributed by atoms with van der Waals surface area (Å²) in [5.41, 5.74) is 2.63. The number of thioether (sulfide) groups is 1. The van der Waals surface area contributed by atoms with Crippen LogP contribution in [-0.4, -0.2) is 46.3 Å². The fraction of sp³-hybridized carbons (Fsp3) is 0.304. The summed E-state index contributed by atoms with van der Waals surface area (Å²) in [5.74, 6) is 0.951. The van der Waals surface area contributed by atoms with Crippen LogP contribution in [0.25, 0.3) is 16.9 Å². The lowest BCUT2D eigenvalue weighted by atomic mass is 10.1. The van der Waals surface area contributed by atoms with Crippen molar-refractivity contribution < 1.29 is 13.9 Å². The van der Waals surface area contributed by atoms with E-state index in [1.165, 1.54) is 30.3 Å². The Morgan fingerprint density at radius 1 is 1.07 bits per heavy atom. The molecule has 0 N–H and O–H groups in total. The molecule has 5 nitrogen and oxygen atoms in total. The van der Waals surface area contributed by atoms with Gasteiger partial charge in [-0.25, -0.2) is 9.37 Å². The van der Waals surface area contributed by atoms with Crippen LogP contribution in [0, 0.1) is 5.82 Å². The summed E-state index contributed by atoms with van der Waals surface area (Å²) >= 11 is 1.41. The predicted molar refractivity (Wildman–Crippen MR) is 117 cm³/mol. The molecule has 2 heterocycles. The Bertz CT molecular complexity index is 996. The van der Waals surface area contributed by atoms with Crippen LogP contribution in [0.5, 0.6) is 5.75 Å². The fourth-order valence-electron chi connectivity index (χ4n) is 3.60. The van der Waals surface area contributed by atoms with Gasteiger partial charge in [-0.3, -0.25) is 9.36 Å². The largest absolute Gasteiger partial charge is 0.497 e. The SMILES string of the molecule is COc1ccc(-c2cnc(SCC(=O)N3CCCCC3)n2-c2ccc(F)cc2)cc1. The smallest absolute Gasteiger partial charge is 0.233 e. The van der Waals surface area contributed by atoms with Gasteiger partial charge in [0.2, 0.25) is 5.91 Å². The highest BCUT2D eigenvalue weighted by molar-refractivity contribution is 7.99. The van der Waals surface area contributed by atoms with E-state index in [0.717, 1.165) is 48.6 Å². The van der Waals surface area contributed by atoms with Gasteiger partial charge >= 0.3 is 0 Å². The number of rotatable bonds is 6. The number of hydrogen-bond donors (Lipinski definition) is 0. The average Bonchev–Trinajstić information content (AvgIpc) is 3.22. The molecule has 1 aromatic heterocycles. The topological polar surface area (TPSA) is 47.4 Å². The van der Waals surface area contributed by atoms with Crippen LogP contribution in [0.2, 0.25) is 0 Å². The summed E-state index contributed by atoms with van der Waals surface area (Å²) in [6.07, 6.45) is 5.13. The lowest BCUT2D eigenvalue weighted by Crippen LogP contribution is -2.36. The first-order valence-electron chi connectivity index (χ1n) is 10.0. The minimum atomic E-state index is -0.292. The second-order valence-electron chi connectivity index (χ2n) is 7.20. The summed E-state index contributed by atoms with van der Waals surface area (Å²) in [4.78, 5) is 19.1. The highest BCUT2D eigenvalue weighted by Gasteiger charge is 2.19. The quantitative estimate of drug-likeness (QED) is 0.533. The van der Waals surface area contributed by atoms with E-state index in [9.17, 15) is 9.18 Å². The van der Waals surface area contributed by atoms with Gasteiger partial charge in [-0.1, -0.05) is 11.8 Å². The molecule has 1 aliphatic heterocycles. The first-order valence-corrected chi connectivity index (χ1v) is 11.0. The summed E-state index contributed by atoms with van der Waals surface area (Å²) in [5, 5.41) is 0.706. The number of amides is 1. The molecule has 0 saturated carbocycles. The second-order valence-corrected chi connectivity index (χ2v) is 8.14. The van der Waals surface area contributed by atoms with Crippen molar-refractivity contribution in [3.8, 4) is 22.7 Å². The Labute approximate surface area is 179 Å². The zero-order chi connectivity index (χ0) is 20.9. The predicted octanol–water partition coefficient (Wildman–Crippen LogP) is 4.79. The maximum Gasteiger partial charge on any atom is 0.233 e. The molecule has 0 spiro atoms. The van der Waals surface area contributed by atoms with Gasteiger partial charge in [0.05, 0.1) is 24.8 Å². The summed E-state index contributed by atoms with van der Waals surface area (Å²) < 4.78 is 20.7. The molecule has 0 unspecified atom stereocenters. The Morgan fingerprint density at radius 3 is 2.43 bits per heavy atom. The number of nitrogens with zero attached hydrogens (tertiary/aromatic N) is 3. The van der Waals surface area contributed by atoms with Crippen molar-refractivity contribution in [2.75, 3.05) is 26.0 Å². The molecule has 7 heteroatoms. The number of carbonyl (C=O) groups is 1. The van der Waals surface area contributed by atoms with Crippen LogP contribution in [0.3, 0.4) is 0 Å². The van der Waals surface area contributed by atoms with Gasteiger partial charge in [-0.15, -0.1) is 0 Å². The van der Waals surface area contributed by atoms with Crippen LogP contribution >= 0.6 is 11.8 Å². The maximum atomic E-state index is 13.5. The van der Waals surface area contributed by atoms with E-state index in [4.69, 9.17) is 4.74 Å². The van der Waals surface area contributed by atoms with Gasteiger partial charge in [0.25, 0.3) is 0 Å². The summed E-state index contributed by atoms with van der Waals surface area (Å²) in [6, 6.07) is 14.0. The number of benzene rings is 2. The number of carbonyl (C=O) groups excluding carboxylic acids is 1. The van der Waals surface area contributed by atoms with E-state index in [1.807, 2.05) is 33.7 Å². The van der Waals surface area contributed by atoms with Crippen LogP contribution in [0.15, 0.2) is 59.9 Å². The number of aromatic nitrogens is 2. The number of hydrogen-bond acceptors (Lipinski definition) is 4. The van der Waals surface area contributed by atoms with Crippen LogP contribution in [0.4, 0.5) is 4.39 Å². The summed E-state index contributed by atoms with van der Waals surface area (Å²) in [7, 11) is 1.63. The lowest BCUT2D eigenvalue weighted by Gasteiger charge is -2.26. The molecule has 0 aliphatic carbocycles. The number of methoxy groups -OCH3 is 1. The molecular formula is C23H24FN3O2S. The minimum absolute atomic E-state index is 0.138. The Balaban J connectivity index is 1.63. The van der Waals surface area contributed by atoms with Crippen molar-refractivity contribution >= 4 is 17.7 Å². The second kappa shape index (κ2) is 9.34. The highest BCUT2D eigenvalue weighted by atomic mass is 32.2. The van der Waals surface area contributed by atoms with Crippen LogP contribution in [-0.2, 0) is 4.79 Å². The Hall–Kier alpha value is -2.80. The molecule has 1 saturated heterocycles. The van der Waals surface area contributed by atoms with Crippen molar-refractivity contribution in [2.45, 2.75) is 24.4 Å². The van der Waals surface area contributed by atoms with Crippen molar-refractivity contribution in [3.05, 3.63) is 60.5 Å². The van der Waals surface area contributed by atoms with E-state index >= 15 is 0 Å². The number of halogens is 1. The average molecular weight is 426 g/mol. The Kier molecular flexibility index (Phi) is 6.38. The normalized spacial score (nSPS) is 14.0. The molecule has 156 valence electrons. The molecule has 1 aliphatic rings. The third-order valence-electron chi connectivity index (χ3n) is 5.23. The third-order valence-corrected chi connectivity index (χ3v) is 6.17. The van der Waals surface area contributed by atoms with Crippen molar-refractivity contribution in [3.63, 3.8) is 0 Å². The van der Waals surface area contributed by atoms with Gasteiger partial charge in [-0.05, 0) is 67.8 Å². The lowest BCUT2D eigenvalue weighted by molar-refractivity contribution is -0.129. The first-order chi connectivity index (χ1) is 14.7. The van der Waals surface area contributed by atoms with Crippen molar-refractivity contribution in [1.82, 2.24) is 14.5 Å². The van der Waals surface area contributed by atoms with E-state index < -0.39 is 0 Å². The standard InChI is InChI=1S/C23H24FN3O2S/c1-29-20-11-5-17(6-12-20)21-15-25-23(27(21)19-9-7-18(24)8-10-19)30-16-22(28)26-13-3-2-4-14-26/h5-12,15H,2-4,13-14,16H2,1H3. The van der Waals surface area contributed by atoms with Crippen molar-refractivity contribution in [1.29, 1.82) is 0 Å². The molecular weight excluding hydrogens is 401 g/mol. The number of likely N-dealkylation sites (tertiary alicyclic amines) is 1. The van der Waals surface area contributed by atoms with Gasteiger partial charge in [0.1, 0.15) is 11.6 Å². The number of ether oxygens (including phenoxy) is 1. The molecule has 0 atom stereocenters. The molecule has 3 aromatic rings. The molecule has 1 amide bonds. The van der Waals surface area contributed by atoms with E-state index in [0.29, 0.717) is 10.9 Å². The zero-order valence-corrected chi connectivity index (χ0v) is 17.7.